The second kappa shape index (κ2) is 9.67. The lowest BCUT2D eigenvalue weighted by Gasteiger charge is -2.09. The van der Waals surface area contributed by atoms with Crippen molar-refractivity contribution in [2.45, 2.75) is 40.8 Å². The number of hydrogen-bond donors (Lipinski definition) is 1. The first-order valence-electron chi connectivity index (χ1n) is 10.7. The molecular formula is C26H26BrN3O3. The van der Waals surface area contributed by atoms with Gasteiger partial charge in [-0.1, -0.05) is 24.3 Å². The number of carbonyl (C=O) groups excluding carboxylic acids is 1. The first-order valence-corrected chi connectivity index (χ1v) is 11.5. The Morgan fingerprint density at radius 1 is 1.09 bits per heavy atom. The third-order valence-electron chi connectivity index (χ3n) is 5.41. The Morgan fingerprint density at radius 3 is 2.67 bits per heavy atom. The number of nitrogens with one attached hydrogen (secondary N) is 1. The quantitative estimate of drug-likeness (QED) is 0.316. The molecule has 0 bridgehead atoms. The van der Waals surface area contributed by atoms with E-state index in [1.807, 2.05) is 74.8 Å². The molecule has 1 amide bonds. The Kier molecular flexibility index (Phi) is 6.70. The van der Waals surface area contributed by atoms with Crippen molar-refractivity contribution in [3.8, 4) is 5.75 Å². The van der Waals surface area contributed by atoms with Gasteiger partial charge in [-0.25, -0.2) is 0 Å². The van der Waals surface area contributed by atoms with Crippen LogP contribution in [-0.2, 0) is 13.2 Å². The first kappa shape index (κ1) is 22.9. The largest absolute Gasteiger partial charge is 0.485 e. The number of carbonyl (C=O) groups is 1. The number of rotatable bonds is 7. The lowest BCUT2D eigenvalue weighted by molar-refractivity contribution is 0.0992. The summed E-state index contributed by atoms with van der Waals surface area (Å²) in [6.45, 7) is 8.88. The van der Waals surface area contributed by atoms with Crippen molar-refractivity contribution >= 4 is 27.5 Å². The van der Waals surface area contributed by atoms with Crippen LogP contribution in [0.3, 0.4) is 0 Å². The maximum absolute atomic E-state index is 12.7. The molecular weight excluding hydrogens is 482 g/mol. The van der Waals surface area contributed by atoms with Crippen molar-refractivity contribution in [3.05, 3.63) is 98.7 Å². The van der Waals surface area contributed by atoms with Crippen LogP contribution in [0, 0.1) is 27.7 Å². The summed E-state index contributed by atoms with van der Waals surface area (Å²) in [5.74, 6) is 1.33. The van der Waals surface area contributed by atoms with E-state index in [-0.39, 0.29) is 18.3 Å². The highest BCUT2D eigenvalue weighted by atomic mass is 79.9. The molecule has 0 atom stereocenters. The average Bonchev–Trinajstić information content (AvgIpc) is 3.36. The summed E-state index contributed by atoms with van der Waals surface area (Å²) < 4.78 is 14.5. The number of benzene rings is 2. The number of aromatic nitrogens is 2. The Morgan fingerprint density at radius 2 is 1.91 bits per heavy atom. The minimum absolute atomic E-state index is 0.238. The predicted octanol–water partition coefficient (Wildman–Crippen LogP) is 6.35. The third kappa shape index (κ3) is 5.37. The second-order valence-electron chi connectivity index (χ2n) is 8.12. The van der Waals surface area contributed by atoms with Crippen LogP contribution in [0.2, 0.25) is 0 Å². The summed E-state index contributed by atoms with van der Waals surface area (Å²) in [5, 5.41) is 7.46. The van der Waals surface area contributed by atoms with Gasteiger partial charge in [-0.05, 0) is 90.6 Å². The standard InChI is InChI=1S/C26H26BrN3O3/c1-16-8-9-17(2)24(12-16)32-15-22-10-11-23(33-22)26(31)28-21-7-5-6-20(13-21)14-30-19(4)25(27)18(3)29-30/h5-13H,14-15H2,1-4H3,(H,28,31). The lowest BCUT2D eigenvalue weighted by atomic mass is 10.1. The molecule has 0 unspecified atom stereocenters. The molecule has 1 N–H and O–H groups in total. The summed E-state index contributed by atoms with van der Waals surface area (Å²) in [7, 11) is 0. The fourth-order valence-electron chi connectivity index (χ4n) is 3.53. The van der Waals surface area contributed by atoms with Crippen LogP contribution in [0.5, 0.6) is 5.75 Å². The van der Waals surface area contributed by atoms with Gasteiger partial charge < -0.3 is 14.5 Å². The number of furan rings is 1. The van der Waals surface area contributed by atoms with Gasteiger partial charge >= 0.3 is 0 Å². The van der Waals surface area contributed by atoms with E-state index in [1.54, 1.807) is 12.1 Å². The maximum Gasteiger partial charge on any atom is 0.291 e. The molecule has 0 saturated heterocycles. The van der Waals surface area contributed by atoms with Gasteiger partial charge in [0.25, 0.3) is 5.91 Å². The van der Waals surface area contributed by atoms with E-state index in [0.717, 1.165) is 38.3 Å². The number of nitrogens with zero attached hydrogens (tertiary/aromatic N) is 2. The minimum atomic E-state index is -0.306. The van der Waals surface area contributed by atoms with E-state index >= 15 is 0 Å². The van der Waals surface area contributed by atoms with Crippen LogP contribution in [0.1, 0.15) is 44.4 Å². The molecule has 2 aromatic heterocycles. The number of amides is 1. The monoisotopic (exact) mass is 507 g/mol. The molecule has 0 radical (unpaired) electrons. The van der Waals surface area contributed by atoms with Crippen LogP contribution in [0.25, 0.3) is 0 Å². The highest BCUT2D eigenvalue weighted by Crippen LogP contribution is 2.23. The van der Waals surface area contributed by atoms with Crippen LogP contribution in [-0.4, -0.2) is 15.7 Å². The van der Waals surface area contributed by atoms with Gasteiger partial charge in [0, 0.05) is 5.69 Å². The van der Waals surface area contributed by atoms with Gasteiger partial charge in [-0.3, -0.25) is 9.48 Å². The van der Waals surface area contributed by atoms with Crippen molar-refractivity contribution < 1.29 is 13.9 Å². The number of anilines is 1. The SMILES string of the molecule is Cc1ccc(C)c(OCc2ccc(C(=O)Nc3cccc(Cn4nc(C)c(Br)c4C)c3)o2)c1. The lowest BCUT2D eigenvalue weighted by Crippen LogP contribution is -2.11. The molecule has 2 aromatic carbocycles. The minimum Gasteiger partial charge on any atom is -0.485 e. The first-order chi connectivity index (χ1) is 15.8. The van der Waals surface area contributed by atoms with Gasteiger partial charge in [0.2, 0.25) is 0 Å². The Bertz CT molecular complexity index is 1310. The number of halogens is 1. The van der Waals surface area contributed by atoms with E-state index in [2.05, 4.69) is 26.3 Å². The van der Waals surface area contributed by atoms with Gasteiger partial charge in [0.05, 0.1) is 22.4 Å². The zero-order valence-corrected chi connectivity index (χ0v) is 20.7. The molecule has 33 heavy (non-hydrogen) atoms. The topological polar surface area (TPSA) is 69.3 Å². The average molecular weight is 508 g/mol. The molecule has 0 aliphatic heterocycles. The summed E-state index contributed by atoms with van der Waals surface area (Å²) in [4.78, 5) is 12.7. The molecule has 0 spiro atoms. The van der Waals surface area contributed by atoms with E-state index in [1.165, 1.54) is 0 Å². The van der Waals surface area contributed by atoms with E-state index in [4.69, 9.17) is 9.15 Å². The highest BCUT2D eigenvalue weighted by Gasteiger charge is 2.14. The second-order valence-corrected chi connectivity index (χ2v) is 8.91. The normalized spacial score (nSPS) is 10.9. The zero-order valence-electron chi connectivity index (χ0n) is 19.1. The molecule has 0 fully saturated rings. The van der Waals surface area contributed by atoms with Gasteiger partial charge in [0.15, 0.2) is 5.76 Å². The molecule has 0 aliphatic rings. The molecule has 7 heteroatoms. The van der Waals surface area contributed by atoms with E-state index < -0.39 is 0 Å². The maximum atomic E-state index is 12.7. The third-order valence-corrected chi connectivity index (χ3v) is 6.56. The Balaban J connectivity index is 1.39. The van der Waals surface area contributed by atoms with Crippen molar-refractivity contribution in [3.63, 3.8) is 0 Å². The van der Waals surface area contributed by atoms with Crippen LogP contribution in [0.15, 0.2) is 63.5 Å². The van der Waals surface area contributed by atoms with E-state index in [9.17, 15) is 4.79 Å². The molecule has 2 heterocycles. The van der Waals surface area contributed by atoms with Gasteiger partial charge in [-0.15, -0.1) is 0 Å². The molecule has 4 rings (SSSR count). The Hall–Kier alpha value is -3.32. The predicted molar refractivity (Wildman–Crippen MR) is 132 cm³/mol. The van der Waals surface area contributed by atoms with Crippen LogP contribution < -0.4 is 10.1 Å². The molecule has 6 nitrogen and oxygen atoms in total. The highest BCUT2D eigenvalue weighted by molar-refractivity contribution is 9.10. The fraction of sp³-hybridized carbons (Fsp3) is 0.231. The zero-order chi connectivity index (χ0) is 23.5. The van der Waals surface area contributed by atoms with Crippen molar-refractivity contribution in [1.82, 2.24) is 9.78 Å². The van der Waals surface area contributed by atoms with Crippen molar-refractivity contribution in [2.24, 2.45) is 0 Å². The van der Waals surface area contributed by atoms with Gasteiger partial charge in [0.1, 0.15) is 18.1 Å². The van der Waals surface area contributed by atoms with Crippen molar-refractivity contribution in [2.75, 3.05) is 5.32 Å². The number of aryl methyl sites for hydroxylation is 3. The van der Waals surface area contributed by atoms with Crippen molar-refractivity contribution in [1.29, 1.82) is 0 Å². The fourth-order valence-corrected chi connectivity index (χ4v) is 3.82. The smallest absolute Gasteiger partial charge is 0.291 e. The summed E-state index contributed by atoms with van der Waals surface area (Å²) in [5.41, 5.74) is 5.93. The number of ether oxygens (including phenoxy) is 1. The van der Waals surface area contributed by atoms with Crippen LogP contribution >= 0.6 is 15.9 Å². The molecule has 170 valence electrons. The van der Waals surface area contributed by atoms with Crippen LogP contribution in [0.4, 0.5) is 5.69 Å². The van der Waals surface area contributed by atoms with Gasteiger partial charge in [-0.2, -0.15) is 5.10 Å². The summed E-state index contributed by atoms with van der Waals surface area (Å²) in [6.07, 6.45) is 0. The molecule has 4 aromatic rings. The number of hydrogen-bond acceptors (Lipinski definition) is 4. The summed E-state index contributed by atoms with van der Waals surface area (Å²) >= 11 is 3.56. The molecule has 0 saturated carbocycles. The Labute approximate surface area is 201 Å². The van der Waals surface area contributed by atoms with E-state index in [0.29, 0.717) is 18.0 Å². The molecule has 0 aliphatic carbocycles. The summed E-state index contributed by atoms with van der Waals surface area (Å²) in [6, 6.07) is 17.2.